The second-order valence-electron chi connectivity index (χ2n) is 8.47. The van der Waals surface area contributed by atoms with E-state index in [9.17, 15) is 14.7 Å². The highest BCUT2D eigenvalue weighted by Crippen LogP contribution is 2.41. The lowest BCUT2D eigenvalue weighted by Gasteiger charge is -2.22. The van der Waals surface area contributed by atoms with E-state index < -0.39 is 6.09 Å². The number of aromatic hydroxyl groups is 1. The van der Waals surface area contributed by atoms with Crippen molar-refractivity contribution in [2.24, 2.45) is 0 Å². The molecule has 1 aliphatic rings. The molecular formula is C25H28N4O4S. The molecule has 5 N–H and O–H groups in total. The van der Waals surface area contributed by atoms with Crippen LogP contribution in [0.1, 0.15) is 47.3 Å². The van der Waals surface area contributed by atoms with Crippen LogP contribution in [0.2, 0.25) is 0 Å². The van der Waals surface area contributed by atoms with Gasteiger partial charge in [-0.1, -0.05) is 19.1 Å². The van der Waals surface area contributed by atoms with Crippen LogP contribution in [0.5, 0.6) is 5.75 Å². The van der Waals surface area contributed by atoms with Gasteiger partial charge >= 0.3 is 6.09 Å². The number of carbonyl (C=O) groups excluding carboxylic acids is 2. The van der Waals surface area contributed by atoms with Gasteiger partial charge in [-0.05, 0) is 59.7 Å². The standard InChI is InChI=1S/C25H28N4O4S/c1-15(17-3-2-4-18(30)12-17)11-22(31)29-24-23(26)20-6-5-19(13-21(20)34-24)33-25(32)28-14-16-7-9-27-10-8-16/h2-4,7-10,12,15,19,30H,5-6,11,13-14,26H2,1H3,(H,28,32)(H,29,31). The monoisotopic (exact) mass is 480 g/mol. The Hall–Kier alpha value is -3.59. The van der Waals surface area contributed by atoms with Gasteiger partial charge in [0, 0.05) is 36.7 Å². The molecule has 4 rings (SSSR count). The van der Waals surface area contributed by atoms with Crippen LogP contribution in [0.15, 0.2) is 48.8 Å². The Morgan fingerprint density at radius 1 is 1.29 bits per heavy atom. The second kappa shape index (κ2) is 10.6. The number of hydrogen-bond donors (Lipinski definition) is 4. The normalized spacial score (nSPS) is 15.7. The number of benzene rings is 1. The fourth-order valence-corrected chi connectivity index (χ4v) is 5.30. The van der Waals surface area contributed by atoms with Crippen molar-refractivity contribution in [2.45, 2.75) is 51.2 Å². The predicted octanol–water partition coefficient (Wildman–Crippen LogP) is 4.35. The van der Waals surface area contributed by atoms with E-state index in [0.717, 1.165) is 21.6 Å². The smallest absolute Gasteiger partial charge is 0.407 e. The number of nitrogen functional groups attached to an aromatic ring is 1. The number of fused-ring (bicyclic) bond motifs is 1. The summed E-state index contributed by atoms with van der Waals surface area (Å²) in [6.45, 7) is 2.32. The van der Waals surface area contributed by atoms with E-state index in [2.05, 4.69) is 15.6 Å². The number of nitrogens with one attached hydrogen (secondary N) is 2. The second-order valence-corrected chi connectivity index (χ2v) is 9.58. The molecule has 1 aliphatic carbocycles. The number of nitrogens with zero attached hydrogens (tertiary/aromatic N) is 1. The van der Waals surface area contributed by atoms with Crippen molar-refractivity contribution in [3.63, 3.8) is 0 Å². The molecule has 2 aromatic heterocycles. The quantitative estimate of drug-likeness (QED) is 0.398. The minimum atomic E-state index is -0.454. The number of hydrogen-bond acceptors (Lipinski definition) is 7. The summed E-state index contributed by atoms with van der Waals surface area (Å²) in [5.41, 5.74) is 9.80. The number of rotatable bonds is 7. The van der Waals surface area contributed by atoms with Crippen molar-refractivity contribution in [1.29, 1.82) is 0 Å². The van der Waals surface area contributed by atoms with Crippen molar-refractivity contribution >= 4 is 34.0 Å². The average molecular weight is 481 g/mol. The summed E-state index contributed by atoms with van der Waals surface area (Å²) in [7, 11) is 0. The van der Waals surface area contributed by atoms with Crippen LogP contribution in [0.4, 0.5) is 15.5 Å². The predicted molar refractivity (Wildman–Crippen MR) is 132 cm³/mol. The molecular weight excluding hydrogens is 452 g/mol. The summed E-state index contributed by atoms with van der Waals surface area (Å²) in [5.74, 6) is -0.00135. The van der Waals surface area contributed by atoms with Gasteiger partial charge in [0.15, 0.2) is 0 Å². The Kier molecular flexibility index (Phi) is 7.32. The minimum Gasteiger partial charge on any atom is -0.508 e. The van der Waals surface area contributed by atoms with Crippen LogP contribution in [-0.2, 0) is 28.9 Å². The third-order valence-corrected chi connectivity index (χ3v) is 7.09. The molecule has 178 valence electrons. The summed E-state index contributed by atoms with van der Waals surface area (Å²) >= 11 is 1.44. The first-order chi connectivity index (χ1) is 16.4. The zero-order valence-corrected chi connectivity index (χ0v) is 19.7. The lowest BCUT2D eigenvalue weighted by molar-refractivity contribution is -0.116. The largest absolute Gasteiger partial charge is 0.508 e. The lowest BCUT2D eigenvalue weighted by atomic mass is 9.95. The van der Waals surface area contributed by atoms with Gasteiger partial charge < -0.3 is 26.2 Å². The summed E-state index contributed by atoms with van der Waals surface area (Å²) in [5, 5.41) is 16.0. The topological polar surface area (TPSA) is 127 Å². The average Bonchev–Trinajstić information content (AvgIpc) is 3.12. The van der Waals surface area contributed by atoms with Crippen LogP contribution in [0.3, 0.4) is 0 Å². The third-order valence-electron chi connectivity index (χ3n) is 5.90. The zero-order valence-electron chi connectivity index (χ0n) is 18.9. The molecule has 2 amide bonds. The van der Waals surface area contributed by atoms with Crippen LogP contribution in [0, 0.1) is 0 Å². The van der Waals surface area contributed by atoms with Crippen LogP contribution < -0.4 is 16.4 Å². The van der Waals surface area contributed by atoms with E-state index in [0.29, 0.717) is 36.5 Å². The summed E-state index contributed by atoms with van der Waals surface area (Å²) in [4.78, 5) is 29.8. The molecule has 3 aromatic rings. The van der Waals surface area contributed by atoms with Crippen molar-refractivity contribution in [1.82, 2.24) is 10.3 Å². The zero-order chi connectivity index (χ0) is 24.1. The molecule has 0 saturated carbocycles. The van der Waals surface area contributed by atoms with Gasteiger partial charge in [-0.3, -0.25) is 9.78 Å². The van der Waals surface area contributed by atoms with E-state index in [-0.39, 0.29) is 30.1 Å². The van der Waals surface area contributed by atoms with Gasteiger partial charge in [0.1, 0.15) is 16.9 Å². The van der Waals surface area contributed by atoms with Crippen molar-refractivity contribution < 1.29 is 19.4 Å². The van der Waals surface area contributed by atoms with Gasteiger partial charge in [-0.2, -0.15) is 0 Å². The fraction of sp³-hybridized carbons (Fsp3) is 0.320. The Labute approximate surface area is 202 Å². The number of carbonyl (C=O) groups is 2. The highest BCUT2D eigenvalue weighted by molar-refractivity contribution is 7.17. The highest BCUT2D eigenvalue weighted by atomic mass is 32.1. The summed E-state index contributed by atoms with van der Waals surface area (Å²) in [6.07, 6.45) is 4.87. The van der Waals surface area contributed by atoms with Crippen molar-refractivity contribution in [3.8, 4) is 5.75 Å². The molecule has 2 atom stereocenters. The maximum Gasteiger partial charge on any atom is 0.407 e. The number of phenols is 1. The summed E-state index contributed by atoms with van der Waals surface area (Å²) < 4.78 is 5.60. The third kappa shape index (κ3) is 5.85. The fourth-order valence-electron chi connectivity index (χ4n) is 4.05. The lowest BCUT2D eigenvalue weighted by Crippen LogP contribution is -2.31. The number of ether oxygens (including phenoxy) is 1. The number of alkyl carbamates (subject to hydrolysis) is 1. The molecule has 0 bridgehead atoms. The maximum atomic E-state index is 12.6. The van der Waals surface area contributed by atoms with E-state index in [4.69, 9.17) is 10.5 Å². The first kappa shape index (κ1) is 23.6. The van der Waals surface area contributed by atoms with E-state index in [1.165, 1.54) is 11.3 Å². The van der Waals surface area contributed by atoms with Gasteiger partial charge in [0.05, 0.1) is 5.69 Å². The first-order valence-electron chi connectivity index (χ1n) is 11.2. The first-order valence-corrected chi connectivity index (χ1v) is 12.0. The summed E-state index contributed by atoms with van der Waals surface area (Å²) in [6, 6.07) is 10.6. The Morgan fingerprint density at radius 3 is 2.85 bits per heavy atom. The van der Waals surface area contributed by atoms with Crippen molar-refractivity contribution in [2.75, 3.05) is 11.1 Å². The van der Waals surface area contributed by atoms with Gasteiger partial charge in [0.2, 0.25) is 5.91 Å². The van der Waals surface area contributed by atoms with Gasteiger partial charge in [0.25, 0.3) is 0 Å². The molecule has 0 aliphatic heterocycles. The van der Waals surface area contributed by atoms with E-state index >= 15 is 0 Å². The van der Waals surface area contributed by atoms with E-state index in [1.807, 2.05) is 25.1 Å². The molecule has 0 radical (unpaired) electrons. The van der Waals surface area contributed by atoms with Crippen molar-refractivity contribution in [3.05, 3.63) is 70.4 Å². The molecule has 0 fully saturated rings. The minimum absolute atomic E-state index is 0.0497. The Balaban J connectivity index is 1.31. The van der Waals surface area contributed by atoms with Crippen LogP contribution >= 0.6 is 11.3 Å². The van der Waals surface area contributed by atoms with Gasteiger partial charge in [-0.15, -0.1) is 11.3 Å². The number of nitrogens with two attached hydrogens (primary N) is 1. The Morgan fingerprint density at radius 2 is 2.09 bits per heavy atom. The number of amides is 2. The maximum absolute atomic E-state index is 12.6. The number of aromatic nitrogens is 1. The molecule has 34 heavy (non-hydrogen) atoms. The molecule has 0 saturated heterocycles. The van der Waals surface area contributed by atoms with Crippen LogP contribution in [-0.4, -0.2) is 28.2 Å². The van der Waals surface area contributed by atoms with Crippen LogP contribution in [0.25, 0.3) is 0 Å². The Bertz CT molecular complexity index is 1160. The number of thiophene rings is 1. The molecule has 2 unspecified atom stereocenters. The number of pyridine rings is 1. The number of anilines is 2. The SMILES string of the molecule is CC(CC(=O)Nc1sc2c(c1N)CCC(OC(=O)NCc1ccncc1)C2)c1cccc(O)c1. The highest BCUT2D eigenvalue weighted by Gasteiger charge is 2.27. The van der Waals surface area contributed by atoms with Gasteiger partial charge in [-0.25, -0.2) is 4.79 Å². The molecule has 8 nitrogen and oxygen atoms in total. The van der Waals surface area contributed by atoms with E-state index in [1.54, 1.807) is 30.6 Å². The molecule has 0 spiro atoms. The molecule has 2 heterocycles. The molecule has 9 heteroatoms. The molecule has 1 aromatic carbocycles. The number of phenolic OH excluding ortho intramolecular Hbond substituents is 1.